The molecule has 4 nitrogen and oxygen atoms in total. The lowest BCUT2D eigenvalue weighted by molar-refractivity contribution is -0.123. The van der Waals surface area contributed by atoms with E-state index in [1.807, 2.05) is 0 Å². The molecule has 1 atom stereocenters. The van der Waals surface area contributed by atoms with Crippen LogP contribution in [-0.2, 0) is 18.4 Å². The van der Waals surface area contributed by atoms with Crippen molar-refractivity contribution in [2.75, 3.05) is 20.4 Å². The molecule has 0 spiro atoms. The number of carbonyl (C=O) groups excluding carboxylic acids is 1. The van der Waals surface area contributed by atoms with Gasteiger partial charge in [0.15, 0.2) is 5.78 Å². The van der Waals surface area contributed by atoms with Crippen molar-refractivity contribution in [2.24, 2.45) is 5.41 Å². The van der Waals surface area contributed by atoms with Crippen molar-refractivity contribution >= 4 is 13.4 Å². The summed E-state index contributed by atoms with van der Waals surface area (Å²) in [6, 6.07) is 0. The maximum absolute atomic E-state index is 11.6. The Morgan fingerprint density at radius 2 is 1.94 bits per heavy atom. The molecule has 0 bridgehead atoms. The summed E-state index contributed by atoms with van der Waals surface area (Å²) in [5, 5.41) is 0. The van der Waals surface area contributed by atoms with Crippen LogP contribution in [0.2, 0.25) is 0 Å². The standard InChI is InChI=1S/C11H23O4P/c1-6-7-11(2,3)8-10(12)9-15-16(5,13)14-4/h6-9H2,1-5H3. The minimum Gasteiger partial charge on any atom is -0.312 e. The summed E-state index contributed by atoms with van der Waals surface area (Å²) in [4.78, 5) is 11.6. The fourth-order valence-corrected chi connectivity index (χ4v) is 2.08. The van der Waals surface area contributed by atoms with Crippen molar-refractivity contribution in [1.82, 2.24) is 0 Å². The molecular weight excluding hydrogens is 227 g/mol. The van der Waals surface area contributed by atoms with E-state index in [1.165, 1.54) is 13.8 Å². The van der Waals surface area contributed by atoms with Gasteiger partial charge in [-0.3, -0.25) is 9.36 Å². The Labute approximate surface area is 98.2 Å². The van der Waals surface area contributed by atoms with Gasteiger partial charge in [-0.2, -0.15) is 0 Å². The summed E-state index contributed by atoms with van der Waals surface area (Å²) >= 11 is 0. The molecule has 1 unspecified atom stereocenters. The highest BCUT2D eigenvalue weighted by atomic mass is 31.2. The molecule has 0 radical (unpaired) electrons. The van der Waals surface area contributed by atoms with Gasteiger partial charge in [0.05, 0.1) is 0 Å². The summed E-state index contributed by atoms with van der Waals surface area (Å²) in [5.74, 6) is -0.0300. The first-order valence-electron chi connectivity index (χ1n) is 5.52. The van der Waals surface area contributed by atoms with Crippen LogP contribution in [0.5, 0.6) is 0 Å². The number of ketones is 1. The molecule has 0 aliphatic carbocycles. The average molecular weight is 250 g/mol. The number of Topliss-reactive ketones (excluding diaryl/α,β-unsaturated/α-hetero) is 1. The molecule has 0 saturated heterocycles. The zero-order chi connectivity index (χ0) is 12.8. The number of hydrogen-bond acceptors (Lipinski definition) is 4. The highest BCUT2D eigenvalue weighted by Crippen LogP contribution is 2.42. The Morgan fingerprint density at radius 1 is 1.38 bits per heavy atom. The van der Waals surface area contributed by atoms with Gasteiger partial charge < -0.3 is 9.05 Å². The second-order valence-corrected chi connectivity index (χ2v) is 7.02. The zero-order valence-electron chi connectivity index (χ0n) is 10.9. The molecule has 0 saturated carbocycles. The van der Waals surface area contributed by atoms with Gasteiger partial charge in [-0.1, -0.05) is 27.2 Å². The normalized spacial score (nSPS) is 15.8. The molecule has 16 heavy (non-hydrogen) atoms. The van der Waals surface area contributed by atoms with E-state index in [0.29, 0.717) is 6.42 Å². The van der Waals surface area contributed by atoms with Gasteiger partial charge >= 0.3 is 7.60 Å². The van der Waals surface area contributed by atoms with Crippen LogP contribution in [0, 0.1) is 5.41 Å². The summed E-state index contributed by atoms with van der Waals surface area (Å²) in [7, 11) is -1.72. The van der Waals surface area contributed by atoms with Crippen LogP contribution in [-0.4, -0.2) is 26.2 Å². The summed E-state index contributed by atoms with van der Waals surface area (Å²) < 4.78 is 21.0. The SMILES string of the molecule is CCCC(C)(C)CC(=O)COP(C)(=O)OC. The molecule has 0 amide bonds. The maximum Gasteiger partial charge on any atom is 0.327 e. The average Bonchev–Trinajstić information content (AvgIpc) is 2.14. The third-order valence-electron chi connectivity index (χ3n) is 2.39. The van der Waals surface area contributed by atoms with Crippen molar-refractivity contribution in [3.63, 3.8) is 0 Å². The molecular formula is C11H23O4P. The minimum atomic E-state index is -3.03. The molecule has 0 fully saturated rings. The lowest BCUT2D eigenvalue weighted by Crippen LogP contribution is -2.19. The second-order valence-electron chi connectivity index (χ2n) is 4.86. The van der Waals surface area contributed by atoms with E-state index in [1.54, 1.807) is 0 Å². The smallest absolute Gasteiger partial charge is 0.312 e. The predicted molar refractivity (Wildman–Crippen MR) is 64.8 cm³/mol. The van der Waals surface area contributed by atoms with Gasteiger partial charge in [0.2, 0.25) is 0 Å². The zero-order valence-corrected chi connectivity index (χ0v) is 11.8. The van der Waals surface area contributed by atoms with Crippen LogP contribution in [0.1, 0.15) is 40.0 Å². The molecule has 0 aliphatic rings. The Hall–Kier alpha value is -0.180. The maximum atomic E-state index is 11.6. The Balaban J connectivity index is 4.05. The van der Waals surface area contributed by atoms with Crippen molar-refractivity contribution in [1.29, 1.82) is 0 Å². The fourth-order valence-electron chi connectivity index (χ4n) is 1.59. The van der Waals surface area contributed by atoms with Crippen molar-refractivity contribution < 1.29 is 18.4 Å². The summed E-state index contributed by atoms with van der Waals surface area (Å²) in [5.41, 5.74) is -0.0139. The fraction of sp³-hybridized carbons (Fsp3) is 0.909. The predicted octanol–water partition coefficient (Wildman–Crippen LogP) is 3.26. The molecule has 0 aromatic carbocycles. The highest BCUT2D eigenvalue weighted by molar-refractivity contribution is 7.52. The highest BCUT2D eigenvalue weighted by Gasteiger charge is 2.23. The van der Waals surface area contributed by atoms with Crippen LogP contribution < -0.4 is 0 Å². The second kappa shape index (κ2) is 6.53. The monoisotopic (exact) mass is 250 g/mol. The van der Waals surface area contributed by atoms with Crippen LogP contribution in [0.4, 0.5) is 0 Å². The van der Waals surface area contributed by atoms with E-state index in [2.05, 4.69) is 25.3 Å². The lowest BCUT2D eigenvalue weighted by atomic mass is 9.83. The number of hydrogen-bond donors (Lipinski definition) is 0. The first-order valence-corrected chi connectivity index (χ1v) is 7.51. The molecule has 5 heteroatoms. The summed E-state index contributed by atoms with van der Waals surface area (Å²) in [6.45, 7) is 7.42. The number of carbonyl (C=O) groups is 1. The topological polar surface area (TPSA) is 52.6 Å². The largest absolute Gasteiger partial charge is 0.327 e. The first-order chi connectivity index (χ1) is 7.22. The van der Waals surface area contributed by atoms with E-state index >= 15 is 0 Å². The third-order valence-corrected chi connectivity index (χ3v) is 3.66. The van der Waals surface area contributed by atoms with Crippen molar-refractivity contribution in [3.8, 4) is 0 Å². The minimum absolute atomic E-state index is 0.0139. The van der Waals surface area contributed by atoms with E-state index in [-0.39, 0.29) is 17.8 Å². The Bertz CT molecular complexity index is 273. The van der Waals surface area contributed by atoms with Gasteiger partial charge in [0.25, 0.3) is 0 Å². The van der Waals surface area contributed by atoms with E-state index in [4.69, 9.17) is 4.52 Å². The lowest BCUT2D eigenvalue weighted by Gasteiger charge is -2.23. The molecule has 0 N–H and O–H groups in total. The van der Waals surface area contributed by atoms with Gasteiger partial charge in [-0.05, 0) is 11.8 Å². The van der Waals surface area contributed by atoms with Crippen molar-refractivity contribution in [2.45, 2.75) is 40.0 Å². The van der Waals surface area contributed by atoms with Gasteiger partial charge in [0, 0.05) is 20.2 Å². The van der Waals surface area contributed by atoms with E-state index < -0.39 is 7.60 Å². The quantitative estimate of drug-likeness (QED) is 0.620. The molecule has 0 aromatic heterocycles. The molecule has 0 aliphatic heterocycles. The van der Waals surface area contributed by atoms with Gasteiger partial charge in [-0.15, -0.1) is 0 Å². The van der Waals surface area contributed by atoms with Crippen LogP contribution >= 0.6 is 7.60 Å². The molecule has 0 rings (SSSR count). The molecule has 96 valence electrons. The van der Waals surface area contributed by atoms with Crippen LogP contribution in [0.25, 0.3) is 0 Å². The summed E-state index contributed by atoms with van der Waals surface area (Å²) in [6.07, 6.45) is 2.49. The Morgan fingerprint density at radius 3 is 2.38 bits per heavy atom. The Kier molecular flexibility index (Phi) is 6.46. The molecule has 0 aromatic rings. The van der Waals surface area contributed by atoms with E-state index in [9.17, 15) is 9.36 Å². The first kappa shape index (κ1) is 15.8. The van der Waals surface area contributed by atoms with Crippen molar-refractivity contribution in [3.05, 3.63) is 0 Å². The van der Waals surface area contributed by atoms with E-state index in [0.717, 1.165) is 12.8 Å². The third kappa shape index (κ3) is 7.15. The van der Waals surface area contributed by atoms with Crippen LogP contribution in [0.3, 0.4) is 0 Å². The van der Waals surface area contributed by atoms with Gasteiger partial charge in [0.1, 0.15) is 6.61 Å². The number of rotatable bonds is 8. The van der Waals surface area contributed by atoms with Gasteiger partial charge in [-0.25, -0.2) is 0 Å². The van der Waals surface area contributed by atoms with Crippen LogP contribution in [0.15, 0.2) is 0 Å². The molecule has 0 heterocycles.